The number of nitrogens with one attached hydrogen (secondary N) is 1. The van der Waals surface area contributed by atoms with E-state index in [9.17, 15) is 10.1 Å². The van der Waals surface area contributed by atoms with E-state index in [1.807, 2.05) is 19.1 Å². The lowest BCUT2D eigenvalue weighted by molar-refractivity contribution is -0.384. The van der Waals surface area contributed by atoms with Gasteiger partial charge in [-0.3, -0.25) is 10.1 Å². The SMILES string of the molecule is CCCc1nn(C)c(NCCc2ccc(Cl)s2)c1[N+](=O)[O-]. The van der Waals surface area contributed by atoms with E-state index in [-0.39, 0.29) is 10.6 Å². The number of halogens is 1. The Bertz CT molecular complexity index is 638. The summed E-state index contributed by atoms with van der Waals surface area (Å²) in [5, 5.41) is 18.6. The third kappa shape index (κ3) is 3.74. The smallest absolute Gasteiger partial charge is 0.333 e. The van der Waals surface area contributed by atoms with Gasteiger partial charge in [-0.05, 0) is 25.0 Å². The van der Waals surface area contributed by atoms with Gasteiger partial charge in [0.05, 0.1) is 9.26 Å². The van der Waals surface area contributed by atoms with Crippen LogP contribution in [0.25, 0.3) is 0 Å². The molecule has 2 aromatic heterocycles. The van der Waals surface area contributed by atoms with Crippen molar-refractivity contribution in [3.63, 3.8) is 0 Å². The van der Waals surface area contributed by atoms with Crippen LogP contribution in [0.2, 0.25) is 4.34 Å². The molecule has 0 aliphatic carbocycles. The lowest BCUT2D eigenvalue weighted by Crippen LogP contribution is -2.09. The number of aromatic nitrogens is 2. The van der Waals surface area contributed by atoms with Crippen LogP contribution in [0.3, 0.4) is 0 Å². The van der Waals surface area contributed by atoms with E-state index in [2.05, 4.69) is 10.4 Å². The first kappa shape index (κ1) is 15.8. The van der Waals surface area contributed by atoms with Gasteiger partial charge in [-0.15, -0.1) is 11.3 Å². The van der Waals surface area contributed by atoms with Crippen LogP contribution < -0.4 is 5.32 Å². The first-order valence-corrected chi connectivity index (χ1v) is 7.90. The number of anilines is 1. The molecule has 2 rings (SSSR count). The van der Waals surface area contributed by atoms with Crippen molar-refractivity contribution in [2.75, 3.05) is 11.9 Å². The van der Waals surface area contributed by atoms with Crippen molar-refractivity contribution in [1.29, 1.82) is 0 Å². The Kier molecular flexibility index (Phi) is 5.19. The Morgan fingerprint density at radius 3 is 2.81 bits per heavy atom. The summed E-state index contributed by atoms with van der Waals surface area (Å²) in [6.45, 7) is 2.58. The summed E-state index contributed by atoms with van der Waals surface area (Å²) in [6, 6.07) is 3.82. The molecule has 0 unspecified atom stereocenters. The molecule has 0 fully saturated rings. The van der Waals surface area contributed by atoms with Gasteiger partial charge >= 0.3 is 5.69 Å². The van der Waals surface area contributed by atoms with Gasteiger partial charge in [0.25, 0.3) is 0 Å². The minimum atomic E-state index is -0.359. The Labute approximate surface area is 131 Å². The molecule has 1 N–H and O–H groups in total. The molecular formula is C13H17ClN4O2S. The molecule has 21 heavy (non-hydrogen) atoms. The summed E-state index contributed by atoms with van der Waals surface area (Å²) in [6.07, 6.45) is 2.19. The third-order valence-corrected chi connectivity index (χ3v) is 4.34. The first-order chi connectivity index (χ1) is 10.0. The van der Waals surface area contributed by atoms with Gasteiger partial charge in [0.2, 0.25) is 5.82 Å². The Morgan fingerprint density at radius 1 is 1.48 bits per heavy atom. The van der Waals surface area contributed by atoms with Crippen molar-refractivity contribution >= 4 is 34.4 Å². The summed E-state index contributed by atoms with van der Waals surface area (Å²) >= 11 is 7.40. The Hall–Kier alpha value is -1.60. The predicted molar refractivity (Wildman–Crippen MR) is 85.4 cm³/mol. The predicted octanol–water partition coefficient (Wildman–Crippen LogP) is 3.65. The monoisotopic (exact) mass is 328 g/mol. The van der Waals surface area contributed by atoms with Crippen LogP contribution in [0.1, 0.15) is 23.9 Å². The zero-order chi connectivity index (χ0) is 15.4. The quantitative estimate of drug-likeness (QED) is 0.622. The fourth-order valence-electron chi connectivity index (χ4n) is 2.15. The summed E-state index contributed by atoms with van der Waals surface area (Å²) < 4.78 is 2.30. The molecule has 8 heteroatoms. The first-order valence-electron chi connectivity index (χ1n) is 6.71. The second kappa shape index (κ2) is 6.91. The maximum atomic E-state index is 11.3. The second-order valence-corrected chi connectivity index (χ2v) is 6.46. The van der Waals surface area contributed by atoms with Crippen LogP contribution in [-0.2, 0) is 19.9 Å². The van der Waals surface area contributed by atoms with Crippen LogP contribution >= 0.6 is 22.9 Å². The Morgan fingerprint density at radius 2 is 2.24 bits per heavy atom. The minimum Gasteiger partial charge on any atom is -0.364 e. The summed E-state index contributed by atoms with van der Waals surface area (Å²) in [7, 11) is 1.72. The number of aryl methyl sites for hydroxylation is 2. The maximum Gasteiger partial charge on any atom is 0.333 e. The van der Waals surface area contributed by atoms with Crippen LogP contribution in [0.4, 0.5) is 11.5 Å². The number of nitrogens with zero attached hydrogens (tertiary/aromatic N) is 3. The van der Waals surface area contributed by atoms with Crippen LogP contribution in [0.5, 0.6) is 0 Å². The Balaban J connectivity index is 2.09. The van der Waals surface area contributed by atoms with Gasteiger partial charge in [0.15, 0.2) is 0 Å². The molecule has 0 saturated heterocycles. The molecule has 114 valence electrons. The summed E-state index contributed by atoms with van der Waals surface area (Å²) in [4.78, 5) is 12.0. The third-order valence-electron chi connectivity index (χ3n) is 3.05. The number of hydrogen-bond donors (Lipinski definition) is 1. The molecular weight excluding hydrogens is 312 g/mol. The van der Waals surface area contributed by atoms with E-state index in [4.69, 9.17) is 11.6 Å². The molecule has 0 spiro atoms. The number of hydrogen-bond acceptors (Lipinski definition) is 5. The molecule has 0 bridgehead atoms. The molecule has 0 aliphatic heterocycles. The molecule has 2 aromatic rings. The van der Waals surface area contributed by atoms with E-state index < -0.39 is 0 Å². The van der Waals surface area contributed by atoms with Gasteiger partial charge in [-0.2, -0.15) is 5.10 Å². The zero-order valence-corrected chi connectivity index (χ0v) is 13.5. The van der Waals surface area contributed by atoms with E-state index in [0.29, 0.717) is 24.5 Å². The molecule has 0 amide bonds. The normalized spacial score (nSPS) is 10.8. The average Bonchev–Trinajstić information content (AvgIpc) is 2.95. The van der Waals surface area contributed by atoms with Gasteiger partial charge in [-0.1, -0.05) is 24.9 Å². The minimum absolute atomic E-state index is 0.0866. The van der Waals surface area contributed by atoms with Gasteiger partial charge in [-0.25, -0.2) is 4.68 Å². The summed E-state index contributed by atoms with van der Waals surface area (Å²) in [5.74, 6) is 0.464. The summed E-state index contributed by atoms with van der Waals surface area (Å²) in [5.41, 5.74) is 0.621. The molecule has 0 aliphatic rings. The van der Waals surface area contributed by atoms with Crippen LogP contribution in [0.15, 0.2) is 12.1 Å². The standard InChI is InChI=1S/C13H17ClN4O2S/c1-3-4-10-12(18(19)20)13(17(2)16-10)15-8-7-9-5-6-11(14)21-9/h5-6,15H,3-4,7-8H2,1-2H3. The van der Waals surface area contributed by atoms with E-state index in [1.165, 1.54) is 11.3 Å². The van der Waals surface area contributed by atoms with E-state index >= 15 is 0 Å². The lowest BCUT2D eigenvalue weighted by Gasteiger charge is -2.05. The largest absolute Gasteiger partial charge is 0.364 e. The van der Waals surface area contributed by atoms with Crippen molar-refractivity contribution in [1.82, 2.24) is 9.78 Å². The highest BCUT2D eigenvalue weighted by Gasteiger charge is 2.25. The van der Waals surface area contributed by atoms with Gasteiger partial charge in [0.1, 0.15) is 5.69 Å². The van der Waals surface area contributed by atoms with Crippen molar-refractivity contribution in [3.8, 4) is 0 Å². The number of rotatable bonds is 7. The van der Waals surface area contributed by atoms with Gasteiger partial charge in [0, 0.05) is 18.5 Å². The molecule has 0 atom stereocenters. The maximum absolute atomic E-state index is 11.3. The second-order valence-electron chi connectivity index (χ2n) is 4.66. The molecule has 0 saturated carbocycles. The van der Waals surface area contributed by atoms with E-state index in [0.717, 1.165) is 22.1 Å². The zero-order valence-electron chi connectivity index (χ0n) is 11.9. The highest BCUT2D eigenvalue weighted by atomic mass is 35.5. The molecule has 0 aromatic carbocycles. The van der Waals surface area contributed by atoms with Crippen molar-refractivity contribution in [2.24, 2.45) is 7.05 Å². The molecule has 6 nitrogen and oxygen atoms in total. The van der Waals surface area contributed by atoms with Crippen LogP contribution in [-0.4, -0.2) is 21.2 Å². The van der Waals surface area contributed by atoms with Crippen molar-refractivity contribution in [3.05, 3.63) is 37.2 Å². The lowest BCUT2D eigenvalue weighted by atomic mass is 10.2. The highest BCUT2D eigenvalue weighted by molar-refractivity contribution is 7.16. The highest BCUT2D eigenvalue weighted by Crippen LogP contribution is 2.29. The van der Waals surface area contributed by atoms with Crippen molar-refractivity contribution in [2.45, 2.75) is 26.2 Å². The van der Waals surface area contributed by atoms with Crippen molar-refractivity contribution < 1.29 is 4.92 Å². The fraction of sp³-hybridized carbons (Fsp3) is 0.462. The van der Waals surface area contributed by atoms with Gasteiger partial charge < -0.3 is 5.32 Å². The van der Waals surface area contributed by atoms with E-state index in [1.54, 1.807) is 11.7 Å². The average molecular weight is 329 g/mol. The number of thiophene rings is 1. The van der Waals surface area contributed by atoms with Crippen LogP contribution in [0, 0.1) is 10.1 Å². The fourth-order valence-corrected chi connectivity index (χ4v) is 3.24. The topological polar surface area (TPSA) is 73.0 Å². The molecule has 2 heterocycles. The molecule has 0 radical (unpaired) electrons. The number of nitro groups is 1.